The van der Waals surface area contributed by atoms with Gasteiger partial charge >= 0.3 is 0 Å². The van der Waals surface area contributed by atoms with Gasteiger partial charge in [0.25, 0.3) is 0 Å². The van der Waals surface area contributed by atoms with Crippen LogP contribution in [0.25, 0.3) is 10.9 Å². The first kappa shape index (κ1) is 24.3. The van der Waals surface area contributed by atoms with Crippen molar-refractivity contribution in [3.63, 3.8) is 0 Å². The van der Waals surface area contributed by atoms with Gasteiger partial charge in [0.05, 0.1) is 29.4 Å². The van der Waals surface area contributed by atoms with Gasteiger partial charge in [-0.3, -0.25) is 14.7 Å². The number of anilines is 2. The number of benzene rings is 2. The van der Waals surface area contributed by atoms with Crippen molar-refractivity contribution >= 4 is 28.7 Å². The van der Waals surface area contributed by atoms with E-state index in [0.29, 0.717) is 42.1 Å². The minimum absolute atomic E-state index is 0.136. The van der Waals surface area contributed by atoms with E-state index in [-0.39, 0.29) is 6.04 Å². The quantitative estimate of drug-likeness (QED) is 0.208. The number of terminal acetylenes is 1. The largest absolute Gasteiger partial charge is 0.493 e. The number of rotatable bonds is 10. The number of nitriles is 1. The molecule has 3 rings (SSSR count). The van der Waals surface area contributed by atoms with Gasteiger partial charge in [-0.1, -0.05) is 24.1 Å². The Morgan fingerprint density at radius 1 is 1.29 bits per heavy atom. The first-order valence-corrected chi connectivity index (χ1v) is 10.9. The number of ether oxygens (including phenoxy) is 1. The number of nitrogens with zero attached hydrogens (tertiary/aromatic N) is 3. The van der Waals surface area contributed by atoms with E-state index in [1.807, 2.05) is 74.5 Å². The fourth-order valence-electron chi connectivity index (χ4n) is 3.67. The van der Waals surface area contributed by atoms with E-state index in [4.69, 9.17) is 11.2 Å². The lowest BCUT2D eigenvalue weighted by Gasteiger charge is -2.25. The third-order valence-electron chi connectivity index (χ3n) is 5.23. The lowest BCUT2D eigenvalue weighted by molar-refractivity contribution is -0.109. The van der Waals surface area contributed by atoms with Crippen LogP contribution < -0.4 is 15.4 Å². The predicted molar refractivity (Wildman–Crippen MR) is 135 cm³/mol. The zero-order valence-electron chi connectivity index (χ0n) is 19.5. The number of amides is 1. The highest BCUT2D eigenvalue weighted by Gasteiger charge is 2.20. The number of fused-ring (bicyclic) bond motifs is 1. The number of carbonyl (C=O) groups is 1. The molecule has 0 aliphatic heterocycles. The zero-order valence-corrected chi connectivity index (χ0v) is 19.5. The van der Waals surface area contributed by atoms with Gasteiger partial charge < -0.3 is 15.4 Å². The Morgan fingerprint density at radius 2 is 2.12 bits per heavy atom. The maximum absolute atomic E-state index is 10.6. The van der Waals surface area contributed by atoms with E-state index in [9.17, 15) is 10.1 Å². The Hall–Kier alpha value is -4.33. The molecule has 1 atom stereocenters. The van der Waals surface area contributed by atoms with Crippen molar-refractivity contribution in [2.45, 2.75) is 13.0 Å². The SMILES string of the molecule is C#Cc1cccc(Nc2c(C#N)cnc3cc(OCC)c(C(/C=C/CNC=O)N(C)C)cc23)c1. The lowest BCUT2D eigenvalue weighted by Crippen LogP contribution is -2.20. The fraction of sp³-hybridized carbons (Fsp3) is 0.222. The van der Waals surface area contributed by atoms with Gasteiger partial charge in [-0.25, -0.2) is 0 Å². The molecule has 0 saturated carbocycles. The highest BCUT2D eigenvalue weighted by molar-refractivity contribution is 5.97. The summed E-state index contributed by atoms with van der Waals surface area (Å²) in [6.07, 6.45) is 11.7. The number of hydrogen-bond donors (Lipinski definition) is 2. The molecule has 0 bridgehead atoms. The molecule has 7 nitrogen and oxygen atoms in total. The second kappa shape index (κ2) is 11.5. The Morgan fingerprint density at radius 3 is 2.79 bits per heavy atom. The van der Waals surface area contributed by atoms with Crippen LogP contribution in [-0.4, -0.2) is 43.5 Å². The Labute approximate surface area is 200 Å². The van der Waals surface area contributed by atoms with Crippen LogP contribution in [0.2, 0.25) is 0 Å². The number of nitrogens with one attached hydrogen (secondary N) is 2. The fourth-order valence-corrected chi connectivity index (χ4v) is 3.67. The van der Waals surface area contributed by atoms with E-state index >= 15 is 0 Å². The van der Waals surface area contributed by atoms with Crippen LogP contribution in [0.1, 0.15) is 29.7 Å². The molecule has 0 fully saturated rings. The van der Waals surface area contributed by atoms with E-state index in [1.54, 1.807) is 6.20 Å². The number of hydrogen-bond acceptors (Lipinski definition) is 6. The third kappa shape index (κ3) is 5.53. The van der Waals surface area contributed by atoms with Crippen molar-refractivity contribution in [2.24, 2.45) is 0 Å². The van der Waals surface area contributed by atoms with Crippen LogP contribution in [0, 0.1) is 23.7 Å². The monoisotopic (exact) mass is 453 g/mol. The maximum atomic E-state index is 10.6. The maximum Gasteiger partial charge on any atom is 0.207 e. The second-order valence-electron chi connectivity index (χ2n) is 7.71. The molecule has 0 radical (unpaired) electrons. The molecule has 1 heterocycles. The highest BCUT2D eigenvalue weighted by Crippen LogP contribution is 2.37. The van der Waals surface area contributed by atoms with Gasteiger partial charge in [-0.15, -0.1) is 6.42 Å². The Balaban J connectivity index is 2.20. The summed E-state index contributed by atoms with van der Waals surface area (Å²) in [6.45, 7) is 2.85. The molecule has 0 aliphatic carbocycles. The molecule has 34 heavy (non-hydrogen) atoms. The van der Waals surface area contributed by atoms with E-state index in [0.717, 1.165) is 22.2 Å². The number of pyridine rings is 1. The van der Waals surface area contributed by atoms with Gasteiger partial charge in [0, 0.05) is 41.0 Å². The van der Waals surface area contributed by atoms with Crippen LogP contribution in [0.15, 0.2) is 54.7 Å². The summed E-state index contributed by atoms with van der Waals surface area (Å²) in [5.74, 6) is 3.34. The average Bonchev–Trinajstić information content (AvgIpc) is 2.84. The minimum Gasteiger partial charge on any atom is -0.493 e. The number of aromatic nitrogens is 1. The molecular formula is C27H27N5O2. The standard InChI is InChI=1S/C27H27N5O2/c1-5-19-9-7-10-21(13-19)31-27-20(16-28)17-30-24-15-26(34-6-2)23(14-22(24)27)25(32(3)4)11-8-12-29-18-33/h1,7-11,13-15,17-18,25H,6,12H2,2-4H3,(H,29,33)(H,30,31)/b11-8+. The third-order valence-corrected chi connectivity index (χ3v) is 5.23. The summed E-state index contributed by atoms with van der Waals surface area (Å²) >= 11 is 0. The van der Waals surface area contributed by atoms with Crippen LogP contribution in [-0.2, 0) is 4.79 Å². The molecule has 7 heteroatoms. The van der Waals surface area contributed by atoms with Gasteiger partial charge in [0.2, 0.25) is 6.41 Å². The van der Waals surface area contributed by atoms with Gasteiger partial charge in [-0.2, -0.15) is 5.26 Å². The first-order chi connectivity index (χ1) is 16.5. The smallest absolute Gasteiger partial charge is 0.207 e. The van der Waals surface area contributed by atoms with E-state index in [2.05, 4.69) is 27.6 Å². The number of likely N-dealkylation sites (N-methyl/N-ethyl adjacent to an activating group) is 1. The molecule has 2 N–H and O–H groups in total. The van der Waals surface area contributed by atoms with Crippen molar-refractivity contribution in [1.29, 1.82) is 5.26 Å². The van der Waals surface area contributed by atoms with Crippen molar-refractivity contribution in [3.8, 4) is 24.2 Å². The lowest BCUT2D eigenvalue weighted by atomic mass is 9.99. The molecule has 1 unspecified atom stereocenters. The topological polar surface area (TPSA) is 90.3 Å². The summed E-state index contributed by atoms with van der Waals surface area (Å²) in [4.78, 5) is 17.2. The van der Waals surface area contributed by atoms with Gasteiger partial charge in [0.1, 0.15) is 11.8 Å². The van der Waals surface area contributed by atoms with Crippen LogP contribution in [0.4, 0.5) is 11.4 Å². The van der Waals surface area contributed by atoms with E-state index < -0.39 is 0 Å². The summed E-state index contributed by atoms with van der Waals surface area (Å²) < 4.78 is 5.97. The summed E-state index contributed by atoms with van der Waals surface area (Å²) in [5.41, 5.74) is 4.20. The predicted octanol–water partition coefficient (Wildman–Crippen LogP) is 4.13. The van der Waals surface area contributed by atoms with Crippen LogP contribution >= 0.6 is 0 Å². The Kier molecular flexibility index (Phi) is 8.23. The molecule has 0 spiro atoms. The van der Waals surface area contributed by atoms with Gasteiger partial charge in [-0.05, 0) is 45.3 Å². The molecule has 0 saturated heterocycles. The van der Waals surface area contributed by atoms with Crippen molar-refractivity contribution < 1.29 is 9.53 Å². The van der Waals surface area contributed by atoms with Crippen LogP contribution in [0.3, 0.4) is 0 Å². The summed E-state index contributed by atoms with van der Waals surface area (Å²) in [7, 11) is 3.94. The highest BCUT2D eigenvalue weighted by atomic mass is 16.5. The summed E-state index contributed by atoms with van der Waals surface area (Å²) in [5, 5.41) is 16.6. The normalized spacial score (nSPS) is 11.7. The molecule has 172 valence electrons. The number of carbonyl (C=O) groups excluding carboxylic acids is 1. The van der Waals surface area contributed by atoms with Crippen molar-refractivity contribution in [3.05, 3.63) is 71.4 Å². The van der Waals surface area contributed by atoms with Gasteiger partial charge in [0.15, 0.2) is 0 Å². The molecule has 1 aromatic heterocycles. The molecule has 1 amide bonds. The molecular weight excluding hydrogens is 426 g/mol. The summed E-state index contributed by atoms with van der Waals surface area (Å²) in [6, 6.07) is 13.5. The van der Waals surface area contributed by atoms with Crippen LogP contribution in [0.5, 0.6) is 5.75 Å². The zero-order chi connectivity index (χ0) is 24.5. The van der Waals surface area contributed by atoms with E-state index in [1.165, 1.54) is 0 Å². The molecule has 3 aromatic rings. The Bertz CT molecular complexity index is 1280. The minimum atomic E-state index is -0.136. The molecule has 2 aromatic carbocycles. The molecule has 0 aliphatic rings. The second-order valence-corrected chi connectivity index (χ2v) is 7.71. The van der Waals surface area contributed by atoms with Crippen molar-refractivity contribution in [1.82, 2.24) is 15.2 Å². The average molecular weight is 454 g/mol. The first-order valence-electron chi connectivity index (χ1n) is 10.9. The van der Waals surface area contributed by atoms with Crippen molar-refractivity contribution in [2.75, 3.05) is 32.6 Å².